The van der Waals surface area contributed by atoms with Gasteiger partial charge in [-0.2, -0.15) is 5.26 Å². The van der Waals surface area contributed by atoms with Crippen LogP contribution in [-0.4, -0.2) is 63.3 Å². The van der Waals surface area contributed by atoms with E-state index in [1.165, 1.54) is 11.8 Å². The Labute approximate surface area is 165 Å². The number of aromatic nitrogens is 2. The molecule has 4 unspecified atom stereocenters. The molecule has 0 saturated heterocycles. The molecule has 4 N–H and O–H groups in total. The van der Waals surface area contributed by atoms with E-state index in [0.29, 0.717) is 42.0 Å². The van der Waals surface area contributed by atoms with E-state index in [1.807, 2.05) is 17.2 Å². The van der Waals surface area contributed by atoms with E-state index in [4.69, 9.17) is 0 Å². The van der Waals surface area contributed by atoms with Crippen LogP contribution in [0.2, 0.25) is 0 Å². The highest BCUT2D eigenvalue weighted by Gasteiger charge is 2.47. The van der Waals surface area contributed by atoms with Crippen molar-refractivity contribution in [2.75, 3.05) is 28.5 Å². The number of thioether (sulfide) groups is 1. The van der Waals surface area contributed by atoms with Crippen LogP contribution in [-0.2, 0) is 0 Å². The Morgan fingerprint density at radius 1 is 1.36 bits per heavy atom. The van der Waals surface area contributed by atoms with E-state index in [1.54, 1.807) is 0 Å². The Morgan fingerprint density at radius 3 is 2.75 bits per heavy atom. The van der Waals surface area contributed by atoms with Crippen molar-refractivity contribution in [3.05, 3.63) is 0 Å². The minimum absolute atomic E-state index is 0.144. The third kappa shape index (κ3) is 3.33. The summed E-state index contributed by atoms with van der Waals surface area (Å²) in [6, 6.07) is 1.19. The lowest BCUT2D eigenvalue weighted by molar-refractivity contribution is 0.00851. The Kier molecular flexibility index (Phi) is 4.97. The molecule has 0 radical (unpaired) electrons. The first kappa shape index (κ1) is 19.4. The molecule has 28 heavy (non-hydrogen) atoms. The Morgan fingerprint density at radius 2 is 2.14 bits per heavy atom. The van der Waals surface area contributed by atoms with Gasteiger partial charge in [0.05, 0.1) is 30.8 Å². The van der Waals surface area contributed by atoms with E-state index in [2.05, 4.69) is 20.6 Å². The van der Waals surface area contributed by atoms with Crippen molar-refractivity contribution in [2.45, 2.75) is 61.1 Å². The standard InChI is InChI=1S/C17H22F2N6O2S/c1-28-16-23-14(22-9-2-3-17(18,19)5-9)11-15(24-16)25(7-21-11)10-4-8(6-20)12(26)13(10)27/h8-10,12-13,21,26-27H,2-5,7H2,1H3,(H,22,23,24)/t8?,9-,10?,12?,13?/m1/s1. The van der Waals surface area contributed by atoms with E-state index < -0.39 is 30.1 Å². The van der Waals surface area contributed by atoms with E-state index >= 15 is 0 Å². The highest BCUT2D eigenvalue weighted by atomic mass is 32.2. The van der Waals surface area contributed by atoms with Gasteiger partial charge in [0.25, 0.3) is 0 Å². The van der Waals surface area contributed by atoms with Gasteiger partial charge >= 0.3 is 0 Å². The van der Waals surface area contributed by atoms with Crippen molar-refractivity contribution in [1.29, 1.82) is 5.26 Å². The fraction of sp³-hybridized carbons (Fsp3) is 0.706. The summed E-state index contributed by atoms with van der Waals surface area (Å²) >= 11 is 1.33. The molecule has 0 amide bonds. The van der Waals surface area contributed by atoms with Gasteiger partial charge in [-0.05, 0) is 19.1 Å². The zero-order valence-corrected chi connectivity index (χ0v) is 16.1. The van der Waals surface area contributed by atoms with Gasteiger partial charge in [0.2, 0.25) is 5.92 Å². The minimum Gasteiger partial charge on any atom is -0.389 e. The van der Waals surface area contributed by atoms with Crippen molar-refractivity contribution in [3.63, 3.8) is 0 Å². The molecule has 5 atom stereocenters. The van der Waals surface area contributed by atoms with Crippen LogP contribution < -0.4 is 15.5 Å². The minimum atomic E-state index is -2.66. The lowest BCUT2D eigenvalue weighted by Crippen LogP contribution is -2.43. The van der Waals surface area contributed by atoms with Crippen molar-refractivity contribution in [1.82, 2.24) is 9.97 Å². The molecular weight excluding hydrogens is 390 g/mol. The summed E-state index contributed by atoms with van der Waals surface area (Å²) in [6.07, 6.45) is -0.0653. The van der Waals surface area contributed by atoms with Gasteiger partial charge in [0, 0.05) is 18.9 Å². The molecule has 2 fully saturated rings. The molecule has 152 valence electrons. The van der Waals surface area contributed by atoms with Crippen LogP contribution in [0.1, 0.15) is 25.7 Å². The predicted molar refractivity (Wildman–Crippen MR) is 101 cm³/mol. The van der Waals surface area contributed by atoms with Crippen LogP contribution in [0.4, 0.5) is 26.1 Å². The Bertz CT molecular complexity index is 807. The fourth-order valence-electron chi connectivity index (χ4n) is 4.22. The first-order valence-corrected chi connectivity index (χ1v) is 10.4. The van der Waals surface area contributed by atoms with Gasteiger partial charge in [-0.1, -0.05) is 11.8 Å². The van der Waals surface area contributed by atoms with Crippen LogP contribution in [0.15, 0.2) is 5.16 Å². The van der Waals surface area contributed by atoms with Gasteiger partial charge in [-0.25, -0.2) is 18.7 Å². The molecular formula is C17H22F2N6O2S. The number of hydrogen-bond donors (Lipinski definition) is 4. The van der Waals surface area contributed by atoms with Gasteiger partial charge in [0.15, 0.2) is 16.8 Å². The highest BCUT2D eigenvalue weighted by Crippen LogP contribution is 2.43. The summed E-state index contributed by atoms with van der Waals surface area (Å²) in [4.78, 5) is 10.8. The summed E-state index contributed by atoms with van der Waals surface area (Å²) in [7, 11) is 0. The van der Waals surface area contributed by atoms with Crippen molar-refractivity contribution in [2.24, 2.45) is 5.92 Å². The van der Waals surface area contributed by atoms with Crippen LogP contribution in [0.3, 0.4) is 0 Å². The molecule has 1 aromatic heterocycles. The van der Waals surface area contributed by atoms with Crippen LogP contribution in [0.25, 0.3) is 0 Å². The first-order valence-electron chi connectivity index (χ1n) is 9.19. The SMILES string of the molecule is CSc1nc(N[C@@H]2CCC(F)(F)C2)c2c(n1)N(C1CC(C#N)C(O)C1O)CN2. The zero-order valence-electron chi connectivity index (χ0n) is 15.3. The summed E-state index contributed by atoms with van der Waals surface area (Å²) in [5, 5.41) is 36.5. The predicted octanol–water partition coefficient (Wildman–Crippen LogP) is 1.62. The number of hydrogen-bond acceptors (Lipinski definition) is 9. The third-order valence-electron chi connectivity index (χ3n) is 5.71. The van der Waals surface area contributed by atoms with Gasteiger partial charge in [-0.15, -0.1) is 0 Å². The average molecular weight is 412 g/mol. The molecule has 1 aliphatic heterocycles. The maximum atomic E-state index is 13.6. The van der Waals surface area contributed by atoms with Gasteiger partial charge in [-0.3, -0.25) is 0 Å². The second kappa shape index (κ2) is 7.17. The van der Waals surface area contributed by atoms with Crippen molar-refractivity contribution in [3.8, 4) is 6.07 Å². The number of aliphatic hydroxyl groups is 2. The third-order valence-corrected chi connectivity index (χ3v) is 6.26. The number of nitrogens with zero attached hydrogens (tertiary/aromatic N) is 4. The lowest BCUT2D eigenvalue weighted by atomic mass is 10.1. The molecule has 0 aromatic carbocycles. The number of fused-ring (bicyclic) bond motifs is 1. The normalized spacial score (nSPS) is 33.4. The largest absolute Gasteiger partial charge is 0.389 e. The van der Waals surface area contributed by atoms with E-state index in [0.717, 1.165) is 0 Å². The lowest BCUT2D eigenvalue weighted by Gasteiger charge is -2.28. The maximum Gasteiger partial charge on any atom is 0.250 e. The van der Waals surface area contributed by atoms with E-state index in [-0.39, 0.29) is 18.9 Å². The Balaban J connectivity index is 1.62. The van der Waals surface area contributed by atoms with Gasteiger partial charge < -0.3 is 25.7 Å². The number of halogens is 2. The van der Waals surface area contributed by atoms with Crippen molar-refractivity contribution < 1.29 is 19.0 Å². The number of alkyl halides is 2. The molecule has 2 saturated carbocycles. The number of rotatable bonds is 4. The molecule has 8 nitrogen and oxygen atoms in total. The van der Waals surface area contributed by atoms with Crippen LogP contribution in [0.5, 0.6) is 0 Å². The molecule has 11 heteroatoms. The second-order valence-electron chi connectivity index (χ2n) is 7.52. The zero-order chi connectivity index (χ0) is 20.1. The molecule has 0 bridgehead atoms. The summed E-state index contributed by atoms with van der Waals surface area (Å²) < 4.78 is 27.1. The molecule has 1 aromatic rings. The van der Waals surface area contributed by atoms with Crippen molar-refractivity contribution >= 4 is 29.1 Å². The summed E-state index contributed by atoms with van der Waals surface area (Å²) in [5.74, 6) is -2.30. The summed E-state index contributed by atoms with van der Waals surface area (Å²) in [6.45, 7) is 0.323. The maximum absolute atomic E-state index is 13.6. The summed E-state index contributed by atoms with van der Waals surface area (Å²) in [5.41, 5.74) is 0.593. The highest BCUT2D eigenvalue weighted by molar-refractivity contribution is 7.98. The van der Waals surface area contributed by atoms with Gasteiger partial charge in [0.1, 0.15) is 11.8 Å². The topological polar surface area (TPSA) is 117 Å². The second-order valence-corrected chi connectivity index (χ2v) is 8.30. The molecule has 2 heterocycles. The molecule has 3 aliphatic rings. The molecule has 0 spiro atoms. The fourth-order valence-corrected chi connectivity index (χ4v) is 4.58. The smallest absolute Gasteiger partial charge is 0.250 e. The first-order chi connectivity index (χ1) is 13.3. The van der Waals surface area contributed by atoms with E-state index in [9.17, 15) is 24.3 Å². The number of aliphatic hydroxyl groups excluding tert-OH is 2. The Hall–Kier alpha value is -1.90. The average Bonchev–Trinajstić information content (AvgIpc) is 3.31. The number of anilines is 3. The number of nitrogens with one attached hydrogen (secondary N) is 2. The van der Waals surface area contributed by atoms with Crippen LogP contribution in [0, 0.1) is 17.2 Å². The molecule has 4 rings (SSSR count). The number of nitriles is 1. The molecule has 2 aliphatic carbocycles. The quantitative estimate of drug-likeness (QED) is 0.432. The monoisotopic (exact) mass is 412 g/mol. The van der Waals surface area contributed by atoms with Crippen LogP contribution >= 0.6 is 11.8 Å².